The molecule has 2 aromatic rings. The average molecular weight is 629 g/mol. The summed E-state index contributed by atoms with van der Waals surface area (Å²) >= 11 is 0. The van der Waals surface area contributed by atoms with Crippen molar-refractivity contribution in [2.45, 2.75) is 103 Å². The van der Waals surface area contributed by atoms with E-state index < -0.39 is 15.5 Å². The number of fused-ring (bicyclic) bond motifs is 2. The number of allylic oxidation sites excluding steroid dienone is 8. The Kier molecular flexibility index (Phi) is 8.37. The second kappa shape index (κ2) is 11.4. The summed E-state index contributed by atoms with van der Waals surface area (Å²) in [6.07, 6.45) is 11.1. The number of hydrogen-bond donors (Lipinski definition) is 1. The average Bonchev–Trinajstić information content (AvgIpc) is 3.51. The lowest BCUT2D eigenvalue weighted by Crippen LogP contribution is -2.31. The zero-order valence-electron chi connectivity index (χ0n) is 28.9. The largest absolute Gasteiger partial charge is 0.341 e. The molecule has 0 unspecified atom stereocenters. The lowest BCUT2D eigenvalue weighted by atomic mass is 9.83. The molecule has 5 rings (SSSR count). The van der Waals surface area contributed by atoms with Crippen molar-refractivity contribution in [2.75, 3.05) is 23.9 Å². The molecule has 3 aliphatic rings. The molecule has 0 amide bonds. The molecule has 0 aromatic heterocycles. The first-order chi connectivity index (χ1) is 20.9. The van der Waals surface area contributed by atoms with E-state index in [0.29, 0.717) is 6.04 Å². The Hall–Kier alpha value is -3.42. The molecule has 6 nitrogen and oxygen atoms in total. The highest BCUT2D eigenvalue weighted by atomic mass is 32.2. The van der Waals surface area contributed by atoms with Crippen molar-refractivity contribution in [3.8, 4) is 0 Å². The Morgan fingerprint density at radius 2 is 1.20 bits per heavy atom. The third-order valence-corrected chi connectivity index (χ3v) is 10.6. The summed E-state index contributed by atoms with van der Waals surface area (Å²) in [6.45, 7) is 19.9. The van der Waals surface area contributed by atoms with Crippen LogP contribution in [0.3, 0.4) is 0 Å². The molecule has 240 valence electrons. The maximum atomic E-state index is 12.0. The van der Waals surface area contributed by atoms with Gasteiger partial charge in [0, 0.05) is 56.8 Å². The standard InChI is InChI=1S/C38H49N3O3S/c1-24(2)40-32-18-12-26(5)22-30(32)37(6,7)34(40)20-15-27-13-14-28(36(27)39(10)11)16-21-35-38(8,9)31-23-29(45(42,43)44)17-19-33(31)41(35)25(3)4/h12,15-25H,13-14H2,1-11H3/p+1. The van der Waals surface area contributed by atoms with Crippen molar-refractivity contribution < 1.29 is 17.5 Å². The lowest BCUT2D eigenvalue weighted by molar-refractivity contribution is -0.463. The van der Waals surface area contributed by atoms with Crippen molar-refractivity contribution in [1.29, 1.82) is 0 Å². The van der Waals surface area contributed by atoms with Gasteiger partial charge >= 0.3 is 0 Å². The highest BCUT2D eigenvalue weighted by Crippen LogP contribution is 2.50. The molecule has 1 fully saturated rings. The van der Waals surface area contributed by atoms with Gasteiger partial charge in [-0.25, -0.2) is 4.58 Å². The van der Waals surface area contributed by atoms with Crippen LogP contribution in [0.4, 0.5) is 11.4 Å². The van der Waals surface area contributed by atoms with Gasteiger partial charge in [-0.05, 0) is 95.0 Å². The van der Waals surface area contributed by atoms with Crippen LogP contribution in [0.5, 0.6) is 0 Å². The van der Waals surface area contributed by atoms with Crippen LogP contribution in [0, 0.1) is 6.92 Å². The summed E-state index contributed by atoms with van der Waals surface area (Å²) in [5, 5.41) is 0. The number of aryl methyl sites for hydroxylation is 1. The third kappa shape index (κ3) is 5.63. The minimum Gasteiger partial charge on any atom is -0.341 e. The molecule has 1 aliphatic carbocycles. The molecule has 2 heterocycles. The summed E-state index contributed by atoms with van der Waals surface area (Å²) < 4.78 is 35.9. The van der Waals surface area contributed by atoms with Gasteiger partial charge in [-0.3, -0.25) is 4.55 Å². The molecule has 0 spiro atoms. The fraction of sp³-hybridized carbons (Fsp3) is 0.447. The lowest BCUT2D eigenvalue weighted by Gasteiger charge is -2.30. The molecule has 0 atom stereocenters. The number of nitrogens with zero attached hydrogens (tertiary/aromatic N) is 3. The van der Waals surface area contributed by atoms with E-state index in [4.69, 9.17) is 0 Å². The Morgan fingerprint density at radius 3 is 1.62 bits per heavy atom. The molecule has 0 bridgehead atoms. The van der Waals surface area contributed by atoms with Gasteiger partial charge in [0.25, 0.3) is 10.1 Å². The summed E-state index contributed by atoms with van der Waals surface area (Å²) in [7, 11) is -0.0580. The van der Waals surface area contributed by atoms with E-state index in [1.165, 1.54) is 45.4 Å². The summed E-state index contributed by atoms with van der Waals surface area (Å²) in [5.74, 6) is 0. The molecule has 1 saturated carbocycles. The first-order valence-electron chi connectivity index (χ1n) is 16.1. The molecule has 1 N–H and O–H groups in total. The molecular formula is C38H50N3O3S+. The van der Waals surface area contributed by atoms with Crippen molar-refractivity contribution in [3.05, 3.63) is 99.9 Å². The summed E-state index contributed by atoms with van der Waals surface area (Å²) in [6, 6.07) is 12.3. The van der Waals surface area contributed by atoms with E-state index in [-0.39, 0.29) is 16.4 Å². The van der Waals surface area contributed by atoms with E-state index in [1.807, 2.05) is 6.07 Å². The van der Waals surface area contributed by atoms with Gasteiger partial charge in [0.15, 0.2) is 0 Å². The second-order valence-electron chi connectivity index (χ2n) is 14.6. The molecular weight excluding hydrogens is 579 g/mol. The molecule has 45 heavy (non-hydrogen) atoms. The maximum absolute atomic E-state index is 12.0. The first kappa shape index (κ1) is 33.0. The van der Waals surface area contributed by atoms with Crippen LogP contribution in [0.2, 0.25) is 0 Å². The van der Waals surface area contributed by atoms with Crippen molar-refractivity contribution >= 4 is 27.2 Å². The fourth-order valence-electron chi connectivity index (χ4n) is 7.54. The predicted octanol–water partition coefficient (Wildman–Crippen LogP) is 8.08. The molecule has 7 heteroatoms. The van der Waals surface area contributed by atoms with E-state index in [2.05, 4.69) is 133 Å². The topological polar surface area (TPSA) is 63.9 Å². The Morgan fingerprint density at radius 1 is 0.756 bits per heavy atom. The van der Waals surface area contributed by atoms with E-state index in [9.17, 15) is 13.0 Å². The zero-order chi connectivity index (χ0) is 33.2. The minimum atomic E-state index is -4.30. The van der Waals surface area contributed by atoms with Gasteiger partial charge in [-0.1, -0.05) is 57.5 Å². The molecule has 2 aliphatic heterocycles. The van der Waals surface area contributed by atoms with Gasteiger partial charge in [-0.2, -0.15) is 8.42 Å². The van der Waals surface area contributed by atoms with Crippen molar-refractivity contribution in [3.63, 3.8) is 0 Å². The summed E-state index contributed by atoms with van der Waals surface area (Å²) in [4.78, 5) is 4.71. The summed E-state index contributed by atoms with van der Waals surface area (Å²) in [5.41, 5.74) is 11.6. The van der Waals surface area contributed by atoms with Gasteiger partial charge in [0.2, 0.25) is 5.71 Å². The Labute approximate surface area is 270 Å². The second-order valence-corrected chi connectivity index (χ2v) is 16.0. The highest BCUT2D eigenvalue weighted by molar-refractivity contribution is 7.85. The number of anilines is 2. The maximum Gasteiger partial charge on any atom is 0.294 e. The predicted molar refractivity (Wildman–Crippen MR) is 187 cm³/mol. The van der Waals surface area contributed by atoms with Crippen molar-refractivity contribution in [2.24, 2.45) is 0 Å². The number of hydrogen-bond acceptors (Lipinski definition) is 4. The van der Waals surface area contributed by atoms with Crippen LogP contribution in [0.1, 0.15) is 84.9 Å². The van der Waals surface area contributed by atoms with Crippen LogP contribution in [-0.4, -0.2) is 49.4 Å². The minimum absolute atomic E-state index is 0.0692. The third-order valence-electron chi connectivity index (χ3n) is 9.72. The quantitative estimate of drug-likeness (QED) is 0.268. The van der Waals surface area contributed by atoms with E-state index >= 15 is 0 Å². The van der Waals surface area contributed by atoms with Gasteiger partial charge in [0.05, 0.1) is 4.90 Å². The number of rotatable bonds is 5. The van der Waals surface area contributed by atoms with Crippen molar-refractivity contribution in [1.82, 2.24) is 0 Å². The van der Waals surface area contributed by atoms with Crippen LogP contribution in [-0.2, 0) is 20.9 Å². The monoisotopic (exact) mass is 628 g/mol. The fourth-order valence-corrected chi connectivity index (χ4v) is 8.05. The molecule has 0 saturated heterocycles. The van der Waals surface area contributed by atoms with E-state index in [1.54, 1.807) is 6.07 Å². The molecule has 2 aromatic carbocycles. The number of benzene rings is 2. The Bertz CT molecular complexity index is 1810. The normalized spacial score (nSPS) is 22.6. The van der Waals surface area contributed by atoms with Crippen LogP contribution in [0.15, 0.2) is 88.1 Å². The highest BCUT2D eigenvalue weighted by Gasteiger charge is 2.43. The van der Waals surface area contributed by atoms with E-state index in [0.717, 1.165) is 29.8 Å². The van der Waals surface area contributed by atoms with Crippen LogP contribution < -0.4 is 9.80 Å². The molecule has 0 radical (unpaired) electrons. The SMILES string of the molecule is Cc1ccc2c(c1)C(C)(C)C(=CC=C1CC/C(=C\C=C3\N(C(C)C)c4ccc(S(=O)(=O)O)cc4C3(C)C)C1=[N+](C)C)N2C(C)C. The Balaban J connectivity index is 1.54. The van der Waals surface area contributed by atoms with Crippen LogP contribution in [0.25, 0.3) is 0 Å². The van der Waals surface area contributed by atoms with Gasteiger partial charge < -0.3 is 9.80 Å². The van der Waals surface area contributed by atoms with Gasteiger partial charge in [-0.15, -0.1) is 0 Å². The van der Waals surface area contributed by atoms with Gasteiger partial charge in [0.1, 0.15) is 14.1 Å². The van der Waals surface area contributed by atoms with Crippen LogP contribution >= 0.6 is 0 Å². The smallest absolute Gasteiger partial charge is 0.294 e. The zero-order valence-corrected chi connectivity index (χ0v) is 29.7. The first-order valence-corrected chi connectivity index (χ1v) is 17.5.